The molecule has 2 heterocycles. The summed E-state index contributed by atoms with van der Waals surface area (Å²) >= 11 is 0. The number of hydrogen-bond acceptors (Lipinski definition) is 6. The van der Waals surface area contributed by atoms with Gasteiger partial charge in [-0.05, 0) is 43.5 Å². The van der Waals surface area contributed by atoms with Crippen molar-refractivity contribution in [1.29, 1.82) is 5.26 Å². The molecule has 1 aliphatic heterocycles. The van der Waals surface area contributed by atoms with E-state index in [0.29, 0.717) is 29.8 Å². The average molecular weight is 463 g/mol. The van der Waals surface area contributed by atoms with Crippen molar-refractivity contribution >= 4 is 11.8 Å². The molecule has 8 nitrogen and oxygen atoms in total. The summed E-state index contributed by atoms with van der Waals surface area (Å²) in [7, 11) is 1.79. The number of carbonyl (C=O) groups is 2. The maximum absolute atomic E-state index is 13.6. The van der Waals surface area contributed by atoms with Crippen LogP contribution >= 0.6 is 0 Å². The van der Waals surface area contributed by atoms with Crippen molar-refractivity contribution in [3.8, 4) is 23.1 Å². The summed E-state index contributed by atoms with van der Waals surface area (Å²) < 4.78 is 6.27. The number of nitriles is 1. The van der Waals surface area contributed by atoms with Crippen molar-refractivity contribution in [3.63, 3.8) is 0 Å². The van der Waals surface area contributed by atoms with E-state index in [0.717, 1.165) is 18.4 Å². The minimum Gasteiger partial charge on any atom is -0.472 e. The Morgan fingerprint density at radius 1 is 1.35 bits per heavy atom. The third-order valence-corrected chi connectivity index (χ3v) is 6.60. The third kappa shape index (κ3) is 4.90. The van der Waals surface area contributed by atoms with Crippen molar-refractivity contribution < 1.29 is 19.4 Å². The van der Waals surface area contributed by atoms with E-state index >= 15 is 0 Å². The molecule has 1 aliphatic carbocycles. The van der Waals surface area contributed by atoms with Crippen LogP contribution in [-0.2, 0) is 4.79 Å². The summed E-state index contributed by atoms with van der Waals surface area (Å²) in [6.45, 7) is 4.38. The number of carbonyl (C=O) groups excluding carboxylic acids is 2. The van der Waals surface area contributed by atoms with E-state index in [1.807, 2.05) is 13.0 Å². The first-order valence-corrected chi connectivity index (χ1v) is 11.7. The zero-order valence-corrected chi connectivity index (χ0v) is 19.8. The number of aliphatic hydroxyl groups is 1. The van der Waals surface area contributed by atoms with E-state index in [4.69, 9.17) is 4.74 Å². The summed E-state index contributed by atoms with van der Waals surface area (Å²) in [4.78, 5) is 34.0. The van der Waals surface area contributed by atoms with Gasteiger partial charge in [-0.2, -0.15) is 5.26 Å². The lowest BCUT2D eigenvalue weighted by molar-refractivity contribution is -0.132. The van der Waals surface area contributed by atoms with Crippen LogP contribution in [0.15, 0.2) is 36.5 Å². The van der Waals surface area contributed by atoms with Gasteiger partial charge in [-0.3, -0.25) is 9.59 Å². The molecule has 0 saturated heterocycles. The number of amides is 2. The molecule has 1 saturated carbocycles. The van der Waals surface area contributed by atoms with Gasteiger partial charge in [0.25, 0.3) is 5.91 Å². The molecular formula is C26H30N4O4. The maximum atomic E-state index is 13.6. The fourth-order valence-electron chi connectivity index (χ4n) is 4.25. The smallest absolute Gasteiger partial charge is 0.259 e. The SMILES string of the molecule is C[C@H]1CN([C@@H](C)CO)C(=O)c2cc(-c3cccc(C#N)c3)cnc2O[C@H]1CN(C)C(=O)C1CC1. The molecule has 2 aliphatic rings. The number of fused-ring (bicyclic) bond motifs is 1. The van der Waals surface area contributed by atoms with Gasteiger partial charge in [0.1, 0.15) is 11.7 Å². The van der Waals surface area contributed by atoms with Crippen molar-refractivity contribution in [2.75, 3.05) is 26.7 Å². The van der Waals surface area contributed by atoms with Gasteiger partial charge in [-0.15, -0.1) is 0 Å². The summed E-state index contributed by atoms with van der Waals surface area (Å²) in [5.41, 5.74) is 2.27. The average Bonchev–Trinajstić information content (AvgIpc) is 3.70. The highest BCUT2D eigenvalue weighted by molar-refractivity contribution is 5.98. The highest BCUT2D eigenvalue weighted by Crippen LogP contribution is 2.33. The van der Waals surface area contributed by atoms with Gasteiger partial charge in [0, 0.05) is 37.2 Å². The Bertz CT molecular complexity index is 1120. The predicted molar refractivity (Wildman–Crippen MR) is 126 cm³/mol. The van der Waals surface area contributed by atoms with E-state index < -0.39 is 6.04 Å². The molecule has 4 rings (SSSR count). The monoisotopic (exact) mass is 462 g/mol. The molecule has 1 aromatic heterocycles. The van der Waals surface area contributed by atoms with Gasteiger partial charge in [-0.25, -0.2) is 4.98 Å². The molecule has 1 N–H and O–H groups in total. The maximum Gasteiger partial charge on any atom is 0.259 e. The lowest BCUT2D eigenvalue weighted by atomic mass is 9.98. The summed E-state index contributed by atoms with van der Waals surface area (Å²) in [5.74, 6) is 0.0856. The van der Waals surface area contributed by atoms with Gasteiger partial charge in [0.2, 0.25) is 11.8 Å². The highest BCUT2D eigenvalue weighted by Gasteiger charge is 2.37. The van der Waals surface area contributed by atoms with Crippen LogP contribution in [-0.4, -0.2) is 70.6 Å². The number of aliphatic hydroxyl groups excluding tert-OH is 1. The molecule has 2 aromatic rings. The van der Waals surface area contributed by atoms with Crippen LogP contribution in [0.2, 0.25) is 0 Å². The molecule has 34 heavy (non-hydrogen) atoms. The molecule has 178 valence electrons. The Kier molecular flexibility index (Phi) is 6.85. The number of pyridine rings is 1. The Balaban J connectivity index is 1.71. The van der Waals surface area contributed by atoms with Gasteiger partial charge < -0.3 is 19.6 Å². The van der Waals surface area contributed by atoms with Crippen LogP contribution in [0, 0.1) is 23.2 Å². The van der Waals surface area contributed by atoms with Crippen LogP contribution in [0.3, 0.4) is 0 Å². The van der Waals surface area contributed by atoms with Crippen molar-refractivity contribution in [2.24, 2.45) is 11.8 Å². The normalized spacial score (nSPS) is 20.9. The quantitative estimate of drug-likeness (QED) is 0.707. The lowest BCUT2D eigenvalue weighted by Gasteiger charge is -2.37. The Hall–Kier alpha value is -3.44. The van der Waals surface area contributed by atoms with Crippen molar-refractivity contribution in [2.45, 2.75) is 38.8 Å². The van der Waals surface area contributed by atoms with Crippen LogP contribution < -0.4 is 4.74 Å². The minimum absolute atomic E-state index is 0.0886. The molecule has 1 aromatic carbocycles. The number of hydrogen-bond donors (Lipinski definition) is 1. The largest absolute Gasteiger partial charge is 0.472 e. The summed E-state index contributed by atoms with van der Waals surface area (Å²) in [6.07, 6.45) is 3.12. The van der Waals surface area contributed by atoms with Crippen LogP contribution in [0.1, 0.15) is 42.6 Å². The number of ether oxygens (including phenoxy) is 1. The van der Waals surface area contributed by atoms with Crippen LogP contribution in [0.25, 0.3) is 11.1 Å². The molecule has 0 spiro atoms. The fourth-order valence-corrected chi connectivity index (χ4v) is 4.25. The summed E-state index contributed by atoms with van der Waals surface area (Å²) in [6, 6.07) is 10.6. The van der Waals surface area contributed by atoms with E-state index in [9.17, 15) is 20.0 Å². The van der Waals surface area contributed by atoms with Gasteiger partial charge in [0.05, 0.1) is 30.8 Å². The van der Waals surface area contributed by atoms with Crippen molar-refractivity contribution in [3.05, 3.63) is 47.7 Å². The van der Waals surface area contributed by atoms with Crippen molar-refractivity contribution in [1.82, 2.24) is 14.8 Å². The van der Waals surface area contributed by atoms with Gasteiger partial charge >= 0.3 is 0 Å². The fraction of sp³-hybridized carbons (Fsp3) is 0.462. The van der Waals surface area contributed by atoms with Gasteiger partial charge in [-0.1, -0.05) is 19.1 Å². The predicted octanol–water partition coefficient (Wildman–Crippen LogP) is 2.71. The number of benzene rings is 1. The molecular weight excluding hydrogens is 432 g/mol. The highest BCUT2D eigenvalue weighted by atomic mass is 16.5. The molecule has 0 bridgehead atoms. The molecule has 0 unspecified atom stereocenters. The zero-order chi connectivity index (χ0) is 24.4. The summed E-state index contributed by atoms with van der Waals surface area (Å²) in [5, 5.41) is 19.1. The molecule has 2 amide bonds. The first kappa shape index (κ1) is 23.7. The molecule has 3 atom stereocenters. The number of rotatable bonds is 6. The van der Waals surface area contributed by atoms with Crippen LogP contribution in [0.5, 0.6) is 5.88 Å². The zero-order valence-electron chi connectivity index (χ0n) is 19.8. The number of aromatic nitrogens is 1. The second-order valence-electron chi connectivity index (χ2n) is 9.39. The second-order valence-corrected chi connectivity index (χ2v) is 9.39. The third-order valence-electron chi connectivity index (χ3n) is 6.60. The molecule has 8 heteroatoms. The Labute approximate surface area is 199 Å². The first-order chi connectivity index (χ1) is 16.3. The number of nitrogens with zero attached hydrogens (tertiary/aromatic N) is 4. The standard InChI is InChI=1S/C26H30N4O4/c1-16-13-30(17(2)15-31)26(33)22-10-21(20-6-4-5-18(9-20)11-27)12-28-24(22)34-23(16)14-29(3)25(32)19-7-8-19/h4-6,9-10,12,16-17,19,23,31H,7-8,13-15H2,1-3H3/t16-,17-,23-/m0/s1. The van der Waals surface area contributed by atoms with E-state index in [-0.39, 0.29) is 42.2 Å². The van der Waals surface area contributed by atoms with E-state index in [1.165, 1.54) is 0 Å². The first-order valence-electron chi connectivity index (χ1n) is 11.7. The molecule has 1 fully saturated rings. The topological polar surface area (TPSA) is 107 Å². The second kappa shape index (κ2) is 9.82. The number of likely N-dealkylation sites (N-methyl/N-ethyl adjacent to an activating group) is 1. The van der Waals surface area contributed by atoms with Gasteiger partial charge in [0.15, 0.2) is 0 Å². The molecule has 0 radical (unpaired) electrons. The minimum atomic E-state index is -0.391. The lowest BCUT2D eigenvalue weighted by Crippen LogP contribution is -2.50. The Morgan fingerprint density at radius 3 is 2.79 bits per heavy atom. The Morgan fingerprint density at radius 2 is 2.12 bits per heavy atom. The van der Waals surface area contributed by atoms with E-state index in [1.54, 1.807) is 54.2 Å². The van der Waals surface area contributed by atoms with Crippen LogP contribution in [0.4, 0.5) is 0 Å². The van der Waals surface area contributed by atoms with E-state index in [2.05, 4.69) is 11.1 Å².